The van der Waals surface area contributed by atoms with Gasteiger partial charge in [-0.1, -0.05) is 55.9 Å². The third-order valence-corrected chi connectivity index (χ3v) is 5.85. The number of nitrogens with one attached hydrogen (secondary N) is 1. The molecule has 29 heavy (non-hydrogen) atoms. The summed E-state index contributed by atoms with van der Waals surface area (Å²) in [6.45, 7) is 9.94. The molecule has 2 aromatic carbocycles. The first-order valence-corrected chi connectivity index (χ1v) is 10.7. The molecule has 0 unspecified atom stereocenters. The van der Waals surface area contributed by atoms with Crippen LogP contribution in [-0.4, -0.2) is 20.7 Å². The number of aromatic nitrogens is 2. The fraction of sp³-hybridized carbons (Fsp3) is 0.348. The number of anilines is 1. The SMILES string of the molecule is CC(C)c1ccccc1NC(=O)[C@@H](C)Sc1nc2ccccc2c(=O)n1C(C)C. The van der Waals surface area contributed by atoms with E-state index in [2.05, 4.69) is 24.1 Å². The Labute approximate surface area is 175 Å². The van der Waals surface area contributed by atoms with Crippen LogP contribution in [0.5, 0.6) is 0 Å². The number of carbonyl (C=O) groups excluding carboxylic acids is 1. The van der Waals surface area contributed by atoms with E-state index in [0.717, 1.165) is 11.3 Å². The van der Waals surface area contributed by atoms with Gasteiger partial charge in [0.05, 0.1) is 16.2 Å². The van der Waals surface area contributed by atoms with Crippen molar-refractivity contribution in [3.8, 4) is 0 Å². The van der Waals surface area contributed by atoms with Crippen LogP contribution in [0.25, 0.3) is 10.9 Å². The lowest BCUT2D eigenvalue weighted by Gasteiger charge is -2.19. The normalized spacial score (nSPS) is 12.5. The number of fused-ring (bicyclic) bond motifs is 1. The Balaban J connectivity index is 1.90. The molecule has 0 saturated carbocycles. The minimum atomic E-state index is -0.409. The minimum absolute atomic E-state index is 0.0564. The number of thioether (sulfide) groups is 1. The van der Waals surface area contributed by atoms with Crippen molar-refractivity contribution in [2.75, 3.05) is 5.32 Å². The summed E-state index contributed by atoms with van der Waals surface area (Å²) in [6, 6.07) is 15.1. The summed E-state index contributed by atoms with van der Waals surface area (Å²) in [6.07, 6.45) is 0. The minimum Gasteiger partial charge on any atom is -0.325 e. The van der Waals surface area contributed by atoms with Gasteiger partial charge in [0, 0.05) is 11.7 Å². The molecule has 0 aliphatic heterocycles. The lowest BCUT2D eigenvalue weighted by Crippen LogP contribution is -2.28. The first-order valence-electron chi connectivity index (χ1n) is 9.87. The second-order valence-corrected chi connectivity index (χ2v) is 8.98. The summed E-state index contributed by atoms with van der Waals surface area (Å²) >= 11 is 1.31. The Morgan fingerprint density at radius 3 is 2.34 bits per heavy atom. The Morgan fingerprint density at radius 1 is 1.00 bits per heavy atom. The molecule has 152 valence electrons. The molecular weight excluding hydrogens is 382 g/mol. The lowest BCUT2D eigenvalue weighted by atomic mass is 10.0. The van der Waals surface area contributed by atoms with Gasteiger partial charge in [-0.2, -0.15) is 0 Å². The van der Waals surface area contributed by atoms with Crippen molar-refractivity contribution in [2.24, 2.45) is 0 Å². The molecule has 1 aromatic heterocycles. The number of hydrogen-bond donors (Lipinski definition) is 1. The highest BCUT2D eigenvalue weighted by Gasteiger charge is 2.21. The average molecular weight is 410 g/mol. The van der Waals surface area contributed by atoms with Crippen LogP contribution >= 0.6 is 11.8 Å². The Bertz CT molecular complexity index is 1090. The summed E-state index contributed by atoms with van der Waals surface area (Å²) < 4.78 is 1.67. The van der Waals surface area contributed by atoms with Crippen LogP contribution in [0.2, 0.25) is 0 Å². The van der Waals surface area contributed by atoms with Crippen LogP contribution in [0.3, 0.4) is 0 Å². The summed E-state index contributed by atoms with van der Waals surface area (Å²) in [5.74, 6) is 0.198. The molecule has 1 amide bonds. The third kappa shape index (κ3) is 4.53. The Kier molecular flexibility index (Phi) is 6.42. The maximum absolute atomic E-state index is 13.0. The largest absolute Gasteiger partial charge is 0.325 e. The zero-order chi connectivity index (χ0) is 21.1. The highest BCUT2D eigenvalue weighted by Crippen LogP contribution is 2.28. The number of carbonyl (C=O) groups is 1. The van der Waals surface area contributed by atoms with E-state index in [-0.39, 0.29) is 17.5 Å². The van der Waals surface area contributed by atoms with Crippen molar-refractivity contribution >= 4 is 34.3 Å². The van der Waals surface area contributed by atoms with Crippen molar-refractivity contribution in [1.29, 1.82) is 0 Å². The summed E-state index contributed by atoms with van der Waals surface area (Å²) in [5, 5.41) is 3.78. The van der Waals surface area contributed by atoms with Crippen LogP contribution in [0.4, 0.5) is 5.69 Å². The van der Waals surface area contributed by atoms with Crippen LogP contribution in [0.1, 0.15) is 52.1 Å². The second-order valence-electron chi connectivity index (χ2n) is 7.67. The third-order valence-electron chi connectivity index (χ3n) is 4.78. The van der Waals surface area contributed by atoms with E-state index >= 15 is 0 Å². The number of rotatable bonds is 6. The van der Waals surface area contributed by atoms with E-state index in [0.29, 0.717) is 22.0 Å². The Morgan fingerprint density at radius 2 is 1.66 bits per heavy atom. The monoisotopic (exact) mass is 409 g/mol. The molecule has 0 aliphatic rings. The second kappa shape index (κ2) is 8.82. The van der Waals surface area contributed by atoms with Gasteiger partial charge in [0.25, 0.3) is 5.56 Å². The van der Waals surface area contributed by atoms with Gasteiger partial charge in [0.1, 0.15) is 0 Å². The van der Waals surface area contributed by atoms with Gasteiger partial charge < -0.3 is 5.32 Å². The van der Waals surface area contributed by atoms with Gasteiger partial charge in [-0.15, -0.1) is 0 Å². The molecule has 6 heteroatoms. The van der Waals surface area contributed by atoms with Crippen LogP contribution in [0.15, 0.2) is 58.5 Å². The number of nitrogens with zero attached hydrogens (tertiary/aromatic N) is 2. The van der Waals surface area contributed by atoms with Crippen molar-refractivity contribution in [1.82, 2.24) is 9.55 Å². The molecule has 0 bridgehead atoms. The summed E-state index contributed by atoms with van der Waals surface area (Å²) in [5.41, 5.74) is 2.49. The van der Waals surface area contributed by atoms with Crippen LogP contribution in [0, 0.1) is 0 Å². The van der Waals surface area contributed by atoms with E-state index < -0.39 is 5.25 Å². The number of para-hydroxylation sites is 2. The van der Waals surface area contributed by atoms with E-state index in [1.54, 1.807) is 10.6 Å². The molecule has 0 saturated heterocycles. The van der Waals surface area contributed by atoms with Gasteiger partial charge in [-0.3, -0.25) is 14.2 Å². The molecule has 3 rings (SSSR count). The highest BCUT2D eigenvalue weighted by molar-refractivity contribution is 8.00. The standard InChI is InChI=1S/C23H27N3O2S/c1-14(2)17-10-6-8-12-19(17)24-21(27)16(5)29-23-25-20-13-9-7-11-18(20)22(28)26(23)15(3)4/h6-16H,1-5H3,(H,24,27)/t16-/m1/s1. The predicted molar refractivity (Wildman–Crippen MR) is 121 cm³/mol. The van der Waals surface area contributed by atoms with E-state index in [4.69, 9.17) is 0 Å². The molecule has 1 N–H and O–H groups in total. The maximum atomic E-state index is 13.0. The molecule has 0 radical (unpaired) electrons. The Hall–Kier alpha value is -2.60. The van der Waals surface area contributed by atoms with Gasteiger partial charge in [0.2, 0.25) is 5.91 Å². The topological polar surface area (TPSA) is 64.0 Å². The van der Waals surface area contributed by atoms with Crippen molar-refractivity contribution in [2.45, 2.75) is 57.0 Å². The van der Waals surface area contributed by atoms with Crippen molar-refractivity contribution < 1.29 is 4.79 Å². The summed E-state index contributed by atoms with van der Waals surface area (Å²) in [7, 11) is 0. The van der Waals surface area contributed by atoms with E-state index in [1.807, 2.05) is 63.2 Å². The maximum Gasteiger partial charge on any atom is 0.262 e. The fourth-order valence-corrected chi connectivity index (χ4v) is 4.26. The number of amides is 1. The van der Waals surface area contributed by atoms with Crippen molar-refractivity contribution in [3.05, 3.63) is 64.4 Å². The lowest BCUT2D eigenvalue weighted by molar-refractivity contribution is -0.115. The molecule has 0 aliphatic carbocycles. The molecule has 0 spiro atoms. The quantitative estimate of drug-likeness (QED) is 0.448. The summed E-state index contributed by atoms with van der Waals surface area (Å²) in [4.78, 5) is 30.5. The molecule has 0 fully saturated rings. The number of benzene rings is 2. The van der Waals surface area contributed by atoms with Crippen molar-refractivity contribution in [3.63, 3.8) is 0 Å². The molecule has 3 aromatic rings. The fourth-order valence-electron chi connectivity index (χ4n) is 3.22. The first kappa shape index (κ1) is 21.1. The highest BCUT2D eigenvalue weighted by atomic mass is 32.2. The van der Waals surface area contributed by atoms with Gasteiger partial charge >= 0.3 is 0 Å². The number of hydrogen-bond acceptors (Lipinski definition) is 4. The smallest absolute Gasteiger partial charge is 0.262 e. The van der Waals surface area contributed by atoms with Crippen LogP contribution in [-0.2, 0) is 4.79 Å². The first-order chi connectivity index (χ1) is 13.8. The van der Waals surface area contributed by atoms with Gasteiger partial charge in [-0.05, 0) is 50.5 Å². The van der Waals surface area contributed by atoms with E-state index in [1.165, 1.54) is 11.8 Å². The van der Waals surface area contributed by atoms with Gasteiger partial charge in [-0.25, -0.2) is 4.98 Å². The zero-order valence-electron chi connectivity index (χ0n) is 17.5. The molecule has 1 atom stereocenters. The zero-order valence-corrected chi connectivity index (χ0v) is 18.3. The molecule has 5 nitrogen and oxygen atoms in total. The molecular formula is C23H27N3O2S. The molecule has 1 heterocycles. The van der Waals surface area contributed by atoms with E-state index in [9.17, 15) is 9.59 Å². The van der Waals surface area contributed by atoms with Crippen LogP contribution < -0.4 is 10.9 Å². The predicted octanol–water partition coefficient (Wildman–Crippen LogP) is 5.22. The average Bonchev–Trinajstić information content (AvgIpc) is 2.68. The van der Waals surface area contributed by atoms with Gasteiger partial charge in [0.15, 0.2) is 5.16 Å².